The number of ether oxygens (including phenoxy) is 1. The first kappa shape index (κ1) is 11.5. The van der Waals surface area contributed by atoms with E-state index in [0.717, 1.165) is 45.7 Å². The molecule has 1 N–H and O–H groups in total. The van der Waals surface area contributed by atoms with Crippen LogP contribution in [0.5, 0.6) is 0 Å². The van der Waals surface area contributed by atoms with Crippen LogP contribution in [0.4, 0.5) is 0 Å². The molecule has 3 fully saturated rings. The van der Waals surface area contributed by atoms with Crippen LogP contribution in [0.25, 0.3) is 0 Å². The molecular formula is C13H22N2O2. The summed E-state index contributed by atoms with van der Waals surface area (Å²) in [5, 5.41) is 3.29. The van der Waals surface area contributed by atoms with Gasteiger partial charge in [-0.25, -0.2) is 0 Å². The van der Waals surface area contributed by atoms with Gasteiger partial charge in [-0.2, -0.15) is 0 Å². The molecule has 3 rings (SSSR count). The molecular weight excluding hydrogens is 216 g/mol. The Labute approximate surface area is 103 Å². The van der Waals surface area contributed by atoms with Crippen molar-refractivity contribution in [3.63, 3.8) is 0 Å². The number of rotatable bonds is 4. The molecule has 3 aliphatic rings. The van der Waals surface area contributed by atoms with E-state index in [4.69, 9.17) is 4.74 Å². The van der Waals surface area contributed by atoms with E-state index in [0.29, 0.717) is 17.9 Å². The van der Waals surface area contributed by atoms with Gasteiger partial charge < -0.3 is 15.0 Å². The van der Waals surface area contributed by atoms with Gasteiger partial charge in [0.15, 0.2) is 0 Å². The number of nitrogens with one attached hydrogen (secondary N) is 1. The van der Waals surface area contributed by atoms with Gasteiger partial charge in [-0.3, -0.25) is 4.79 Å². The predicted octanol–water partition coefficient (Wildman–Crippen LogP) is 0.623. The molecule has 0 bridgehead atoms. The zero-order valence-electron chi connectivity index (χ0n) is 10.4. The molecule has 0 aromatic carbocycles. The van der Waals surface area contributed by atoms with Gasteiger partial charge in [0.1, 0.15) is 0 Å². The van der Waals surface area contributed by atoms with Crippen LogP contribution in [0.1, 0.15) is 25.7 Å². The maximum Gasteiger partial charge on any atom is 0.227 e. The molecule has 2 heterocycles. The highest BCUT2D eigenvalue weighted by molar-refractivity contribution is 5.80. The van der Waals surface area contributed by atoms with Gasteiger partial charge in [0, 0.05) is 31.7 Å². The maximum absolute atomic E-state index is 12.5. The largest absolute Gasteiger partial charge is 0.381 e. The maximum atomic E-state index is 12.5. The van der Waals surface area contributed by atoms with E-state index in [1.807, 2.05) is 0 Å². The lowest BCUT2D eigenvalue weighted by atomic mass is 10.0. The van der Waals surface area contributed by atoms with Crippen LogP contribution in [-0.4, -0.2) is 49.7 Å². The van der Waals surface area contributed by atoms with Gasteiger partial charge in [0.2, 0.25) is 5.91 Å². The number of nitrogens with zero attached hydrogens (tertiary/aromatic N) is 1. The second-order valence-corrected chi connectivity index (χ2v) is 5.64. The van der Waals surface area contributed by atoms with E-state index in [2.05, 4.69) is 10.2 Å². The molecule has 2 atom stereocenters. The minimum Gasteiger partial charge on any atom is -0.381 e. The molecule has 4 heteroatoms. The Morgan fingerprint density at radius 3 is 2.76 bits per heavy atom. The Hall–Kier alpha value is -0.610. The summed E-state index contributed by atoms with van der Waals surface area (Å²) >= 11 is 0. The van der Waals surface area contributed by atoms with Gasteiger partial charge in [0.25, 0.3) is 0 Å². The second-order valence-electron chi connectivity index (χ2n) is 5.64. The minimum absolute atomic E-state index is 0.234. The first-order chi connectivity index (χ1) is 8.34. The van der Waals surface area contributed by atoms with Crippen LogP contribution in [0, 0.1) is 11.8 Å². The van der Waals surface area contributed by atoms with E-state index in [9.17, 15) is 4.79 Å². The van der Waals surface area contributed by atoms with Crippen LogP contribution < -0.4 is 5.32 Å². The van der Waals surface area contributed by atoms with Crippen molar-refractivity contribution < 1.29 is 9.53 Å². The van der Waals surface area contributed by atoms with Crippen molar-refractivity contribution in [1.29, 1.82) is 0 Å². The van der Waals surface area contributed by atoms with Crippen molar-refractivity contribution in [3.05, 3.63) is 0 Å². The third kappa shape index (κ3) is 2.63. The van der Waals surface area contributed by atoms with Crippen molar-refractivity contribution in [2.45, 2.75) is 31.7 Å². The summed E-state index contributed by atoms with van der Waals surface area (Å²) < 4.78 is 5.41. The fourth-order valence-electron chi connectivity index (χ4n) is 2.91. The average molecular weight is 238 g/mol. The molecule has 1 saturated carbocycles. The molecule has 4 nitrogen and oxygen atoms in total. The Morgan fingerprint density at radius 1 is 1.29 bits per heavy atom. The molecule has 0 aromatic heterocycles. The van der Waals surface area contributed by atoms with Gasteiger partial charge in [0.05, 0.1) is 12.5 Å². The Bertz CT molecular complexity index is 279. The van der Waals surface area contributed by atoms with E-state index in [1.165, 1.54) is 12.8 Å². The zero-order chi connectivity index (χ0) is 11.7. The molecule has 2 unspecified atom stereocenters. The molecule has 0 spiro atoms. The standard InChI is InChI=1S/C13H22N2O2/c16-13(11-3-5-14-7-11)15(12-1-2-12)8-10-4-6-17-9-10/h10-12,14H,1-9H2. The molecule has 2 saturated heterocycles. The predicted molar refractivity (Wildman–Crippen MR) is 64.6 cm³/mol. The summed E-state index contributed by atoms with van der Waals surface area (Å²) in [7, 11) is 0. The fourth-order valence-corrected chi connectivity index (χ4v) is 2.91. The van der Waals surface area contributed by atoms with E-state index < -0.39 is 0 Å². The van der Waals surface area contributed by atoms with Gasteiger partial charge in [-0.1, -0.05) is 0 Å². The average Bonchev–Trinajstić information content (AvgIpc) is 2.86. The summed E-state index contributed by atoms with van der Waals surface area (Å²) in [6.45, 7) is 4.53. The molecule has 96 valence electrons. The monoisotopic (exact) mass is 238 g/mol. The highest BCUT2D eigenvalue weighted by Gasteiger charge is 2.38. The van der Waals surface area contributed by atoms with Crippen molar-refractivity contribution in [2.75, 3.05) is 32.8 Å². The summed E-state index contributed by atoms with van der Waals surface area (Å²) in [5.74, 6) is 1.20. The first-order valence-electron chi connectivity index (χ1n) is 6.93. The summed E-state index contributed by atoms with van der Waals surface area (Å²) in [4.78, 5) is 14.6. The van der Waals surface area contributed by atoms with Crippen molar-refractivity contribution in [3.8, 4) is 0 Å². The lowest BCUT2D eigenvalue weighted by Gasteiger charge is -2.27. The quantitative estimate of drug-likeness (QED) is 0.781. The second kappa shape index (κ2) is 4.94. The lowest BCUT2D eigenvalue weighted by molar-refractivity contribution is -0.136. The SMILES string of the molecule is O=C(C1CCNC1)N(CC1CCOC1)C1CC1. The van der Waals surface area contributed by atoms with Crippen LogP contribution >= 0.6 is 0 Å². The number of hydrogen-bond acceptors (Lipinski definition) is 3. The smallest absolute Gasteiger partial charge is 0.227 e. The van der Waals surface area contributed by atoms with Crippen molar-refractivity contribution >= 4 is 5.91 Å². The third-order valence-electron chi connectivity index (χ3n) is 4.16. The van der Waals surface area contributed by atoms with Gasteiger partial charge >= 0.3 is 0 Å². The number of carbonyl (C=O) groups excluding carboxylic acids is 1. The molecule has 1 amide bonds. The summed E-state index contributed by atoms with van der Waals surface area (Å²) in [6.07, 6.45) is 4.56. The van der Waals surface area contributed by atoms with Crippen LogP contribution in [0.2, 0.25) is 0 Å². The summed E-state index contributed by atoms with van der Waals surface area (Å²) in [5.41, 5.74) is 0. The lowest BCUT2D eigenvalue weighted by Crippen LogP contribution is -2.41. The number of carbonyl (C=O) groups is 1. The van der Waals surface area contributed by atoms with Crippen LogP contribution in [-0.2, 0) is 9.53 Å². The van der Waals surface area contributed by atoms with E-state index in [1.54, 1.807) is 0 Å². The normalized spacial score (nSPS) is 32.9. The zero-order valence-corrected chi connectivity index (χ0v) is 10.4. The third-order valence-corrected chi connectivity index (χ3v) is 4.16. The number of amides is 1. The van der Waals surface area contributed by atoms with E-state index in [-0.39, 0.29) is 5.92 Å². The minimum atomic E-state index is 0.234. The Kier molecular flexibility index (Phi) is 3.34. The molecule has 0 radical (unpaired) electrons. The van der Waals surface area contributed by atoms with Gasteiger partial charge in [-0.05, 0) is 32.2 Å². The number of hydrogen-bond donors (Lipinski definition) is 1. The highest BCUT2D eigenvalue weighted by atomic mass is 16.5. The Balaban J connectivity index is 1.60. The van der Waals surface area contributed by atoms with E-state index >= 15 is 0 Å². The molecule has 17 heavy (non-hydrogen) atoms. The van der Waals surface area contributed by atoms with Crippen LogP contribution in [0.3, 0.4) is 0 Å². The topological polar surface area (TPSA) is 41.6 Å². The first-order valence-corrected chi connectivity index (χ1v) is 6.93. The molecule has 0 aromatic rings. The van der Waals surface area contributed by atoms with Crippen molar-refractivity contribution in [2.24, 2.45) is 11.8 Å². The fraction of sp³-hybridized carbons (Fsp3) is 0.923. The van der Waals surface area contributed by atoms with Gasteiger partial charge in [-0.15, -0.1) is 0 Å². The molecule has 1 aliphatic carbocycles. The highest BCUT2D eigenvalue weighted by Crippen LogP contribution is 2.31. The van der Waals surface area contributed by atoms with Crippen LogP contribution in [0.15, 0.2) is 0 Å². The summed E-state index contributed by atoms with van der Waals surface area (Å²) in [6, 6.07) is 0.545. The van der Waals surface area contributed by atoms with Crippen molar-refractivity contribution in [1.82, 2.24) is 10.2 Å². The Morgan fingerprint density at radius 2 is 2.18 bits per heavy atom. The molecule has 2 aliphatic heterocycles.